The first kappa shape index (κ1) is 17.5. The average Bonchev–Trinajstić information content (AvgIpc) is 2.53. The van der Waals surface area contributed by atoms with Gasteiger partial charge in [-0.15, -0.1) is 0 Å². The minimum Gasteiger partial charge on any atom is -0.459 e. The standard InChI is InChI=1S/C14H20F2N5OP/c1-9(15)14(16,23)8-22-13-20-11(17-2)19-12(21-13)18-10-6-4-3-5-7-10/h4,6-7,9H,3,5,8,23H2,1-2H3,(H2,17,18,19,20,21). The molecule has 1 heterocycles. The van der Waals surface area contributed by atoms with Crippen molar-refractivity contribution >= 4 is 21.1 Å². The molecule has 0 radical (unpaired) electrons. The number of allylic oxidation sites excluding steroid dienone is 3. The molecule has 0 amide bonds. The number of halogens is 2. The highest BCUT2D eigenvalue weighted by atomic mass is 31.0. The maximum Gasteiger partial charge on any atom is 0.323 e. The summed E-state index contributed by atoms with van der Waals surface area (Å²) >= 11 is 0. The molecule has 126 valence electrons. The molecule has 1 aromatic rings. The molecule has 0 aromatic carbocycles. The van der Waals surface area contributed by atoms with Gasteiger partial charge >= 0.3 is 6.01 Å². The Morgan fingerprint density at radius 3 is 2.70 bits per heavy atom. The van der Waals surface area contributed by atoms with Gasteiger partial charge in [0.25, 0.3) is 0 Å². The zero-order chi connectivity index (χ0) is 16.9. The number of alkyl halides is 2. The van der Waals surface area contributed by atoms with E-state index in [0.717, 1.165) is 25.5 Å². The molecule has 0 fully saturated rings. The van der Waals surface area contributed by atoms with E-state index >= 15 is 0 Å². The molecule has 2 rings (SSSR count). The fourth-order valence-corrected chi connectivity index (χ4v) is 1.80. The molecule has 1 aliphatic carbocycles. The fourth-order valence-electron chi connectivity index (χ4n) is 1.71. The first-order valence-corrected chi connectivity index (χ1v) is 7.80. The summed E-state index contributed by atoms with van der Waals surface area (Å²) in [6, 6.07) is -0.0858. The van der Waals surface area contributed by atoms with Crippen molar-refractivity contribution in [1.82, 2.24) is 15.0 Å². The van der Waals surface area contributed by atoms with Crippen LogP contribution < -0.4 is 15.4 Å². The van der Waals surface area contributed by atoms with Crippen molar-refractivity contribution in [3.63, 3.8) is 0 Å². The molecule has 6 nitrogen and oxygen atoms in total. The predicted molar refractivity (Wildman–Crippen MR) is 89.1 cm³/mol. The topological polar surface area (TPSA) is 72.0 Å². The lowest BCUT2D eigenvalue weighted by Crippen LogP contribution is -2.33. The van der Waals surface area contributed by atoms with Crippen molar-refractivity contribution in [2.24, 2.45) is 0 Å². The summed E-state index contributed by atoms with van der Waals surface area (Å²) in [6.07, 6.45) is 6.20. The third kappa shape index (κ3) is 5.10. The van der Waals surface area contributed by atoms with Crippen molar-refractivity contribution in [3.05, 3.63) is 23.9 Å². The van der Waals surface area contributed by atoms with E-state index in [2.05, 4.69) is 25.6 Å². The summed E-state index contributed by atoms with van der Waals surface area (Å²) in [5.41, 5.74) is 0.860. The van der Waals surface area contributed by atoms with Gasteiger partial charge in [0.2, 0.25) is 11.9 Å². The molecule has 0 saturated carbocycles. The smallest absolute Gasteiger partial charge is 0.323 e. The Kier molecular flexibility index (Phi) is 5.82. The van der Waals surface area contributed by atoms with Crippen LogP contribution in [0, 0.1) is 0 Å². The second-order valence-corrected chi connectivity index (χ2v) is 6.07. The van der Waals surface area contributed by atoms with E-state index in [-0.39, 0.29) is 17.9 Å². The van der Waals surface area contributed by atoms with Crippen LogP contribution in [0.5, 0.6) is 6.01 Å². The monoisotopic (exact) mass is 343 g/mol. The summed E-state index contributed by atoms with van der Waals surface area (Å²) in [7, 11) is 3.45. The molecule has 23 heavy (non-hydrogen) atoms. The first-order valence-electron chi connectivity index (χ1n) is 7.23. The number of anilines is 2. The van der Waals surface area contributed by atoms with Crippen LogP contribution in [0.25, 0.3) is 0 Å². The van der Waals surface area contributed by atoms with Crippen molar-refractivity contribution in [2.75, 3.05) is 24.3 Å². The molecule has 0 spiro atoms. The average molecular weight is 343 g/mol. The highest BCUT2D eigenvalue weighted by Crippen LogP contribution is 2.28. The molecule has 9 heteroatoms. The summed E-state index contributed by atoms with van der Waals surface area (Å²) < 4.78 is 32.2. The maximum absolute atomic E-state index is 13.9. The molecular weight excluding hydrogens is 323 g/mol. The van der Waals surface area contributed by atoms with E-state index in [1.165, 1.54) is 0 Å². The number of rotatable bonds is 7. The van der Waals surface area contributed by atoms with Gasteiger partial charge in [0, 0.05) is 12.7 Å². The van der Waals surface area contributed by atoms with Crippen molar-refractivity contribution in [1.29, 1.82) is 0 Å². The van der Waals surface area contributed by atoms with Gasteiger partial charge in [0.05, 0.1) is 0 Å². The van der Waals surface area contributed by atoms with Gasteiger partial charge in [0.1, 0.15) is 12.8 Å². The van der Waals surface area contributed by atoms with Crippen molar-refractivity contribution in [2.45, 2.75) is 31.3 Å². The number of nitrogens with zero attached hydrogens (tertiary/aromatic N) is 3. The van der Waals surface area contributed by atoms with Crippen LogP contribution in [0.3, 0.4) is 0 Å². The molecule has 0 saturated heterocycles. The first-order chi connectivity index (χ1) is 10.9. The molecule has 3 unspecified atom stereocenters. The second-order valence-electron chi connectivity index (χ2n) is 5.11. The van der Waals surface area contributed by atoms with E-state index in [0.29, 0.717) is 0 Å². The summed E-state index contributed by atoms with van der Waals surface area (Å²) in [6.45, 7) is 0.599. The number of ether oxygens (including phenoxy) is 1. The van der Waals surface area contributed by atoms with E-state index in [4.69, 9.17) is 4.74 Å². The Morgan fingerprint density at radius 1 is 1.35 bits per heavy atom. The molecule has 3 atom stereocenters. The summed E-state index contributed by atoms with van der Waals surface area (Å²) in [5, 5.41) is 3.61. The van der Waals surface area contributed by atoms with E-state index in [9.17, 15) is 8.78 Å². The number of nitrogens with one attached hydrogen (secondary N) is 2. The van der Waals surface area contributed by atoms with Crippen LogP contribution in [-0.2, 0) is 0 Å². The number of aromatic nitrogens is 3. The molecule has 2 N–H and O–H groups in total. The fraction of sp³-hybridized carbons (Fsp3) is 0.500. The lowest BCUT2D eigenvalue weighted by molar-refractivity contribution is 0.0850. The minimum absolute atomic E-state index is 0.0858. The molecule has 1 aliphatic rings. The second kappa shape index (κ2) is 7.64. The van der Waals surface area contributed by atoms with Gasteiger partial charge in [0.15, 0.2) is 5.41 Å². The van der Waals surface area contributed by atoms with Crippen LogP contribution >= 0.6 is 9.24 Å². The highest BCUT2D eigenvalue weighted by Gasteiger charge is 2.33. The van der Waals surface area contributed by atoms with Crippen molar-refractivity contribution in [3.8, 4) is 6.01 Å². The zero-order valence-electron chi connectivity index (χ0n) is 13.0. The quantitative estimate of drug-likeness (QED) is 0.742. The Labute approximate surface area is 136 Å². The highest BCUT2D eigenvalue weighted by molar-refractivity contribution is 7.18. The Hall–Kier alpha value is -1.82. The molecule has 0 aliphatic heterocycles. The Bertz CT molecular complexity index is 607. The van der Waals surface area contributed by atoms with Crippen LogP contribution in [0.1, 0.15) is 19.8 Å². The largest absolute Gasteiger partial charge is 0.459 e. The van der Waals surface area contributed by atoms with E-state index in [1.54, 1.807) is 7.05 Å². The Balaban J connectivity index is 2.12. The predicted octanol–water partition coefficient (Wildman–Crippen LogP) is 2.84. The SMILES string of the molecule is CNc1nc(NC2=CCCC=C2)nc(OCC(F)(P)C(C)F)n1. The van der Waals surface area contributed by atoms with E-state index < -0.39 is 18.2 Å². The van der Waals surface area contributed by atoms with Gasteiger partial charge in [-0.3, -0.25) is 0 Å². The van der Waals surface area contributed by atoms with Crippen LogP contribution in [0.15, 0.2) is 23.9 Å². The minimum atomic E-state index is -2.20. The van der Waals surface area contributed by atoms with Crippen LogP contribution in [0.2, 0.25) is 0 Å². The Morgan fingerprint density at radius 2 is 2.09 bits per heavy atom. The summed E-state index contributed by atoms with van der Waals surface area (Å²) in [5.74, 6) is 0.526. The van der Waals surface area contributed by atoms with Crippen LogP contribution in [0.4, 0.5) is 20.7 Å². The summed E-state index contributed by atoms with van der Waals surface area (Å²) in [4.78, 5) is 12.2. The van der Waals surface area contributed by atoms with Crippen molar-refractivity contribution < 1.29 is 13.5 Å². The molecule has 1 aromatic heterocycles. The van der Waals surface area contributed by atoms with Gasteiger partial charge in [-0.2, -0.15) is 15.0 Å². The lowest BCUT2D eigenvalue weighted by Gasteiger charge is -2.21. The number of hydrogen-bond acceptors (Lipinski definition) is 6. The zero-order valence-corrected chi connectivity index (χ0v) is 14.2. The van der Waals surface area contributed by atoms with Gasteiger partial charge in [-0.25, -0.2) is 8.78 Å². The van der Waals surface area contributed by atoms with Gasteiger partial charge in [-0.1, -0.05) is 21.4 Å². The molecule has 0 bridgehead atoms. The van der Waals surface area contributed by atoms with E-state index in [1.807, 2.05) is 27.5 Å². The third-order valence-electron chi connectivity index (χ3n) is 3.17. The lowest BCUT2D eigenvalue weighted by atomic mass is 10.1. The normalized spacial score (nSPS) is 17.9. The maximum atomic E-state index is 13.9. The van der Waals surface area contributed by atoms with Crippen LogP contribution in [-0.4, -0.2) is 40.2 Å². The number of hydrogen-bond donors (Lipinski definition) is 2. The van der Waals surface area contributed by atoms with Gasteiger partial charge < -0.3 is 15.4 Å². The van der Waals surface area contributed by atoms with Gasteiger partial charge in [-0.05, 0) is 25.8 Å². The third-order valence-corrected chi connectivity index (χ3v) is 3.80. The molecular formula is C14H20F2N5OP.